The Balaban J connectivity index is 1.34. The van der Waals surface area contributed by atoms with E-state index in [2.05, 4.69) is 29.5 Å². The number of rotatable bonds is 7. The van der Waals surface area contributed by atoms with Gasteiger partial charge in [0.1, 0.15) is 18.2 Å². The molecule has 0 saturated heterocycles. The number of aryl methyl sites for hydroxylation is 1. The first-order valence-electron chi connectivity index (χ1n) is 9.41. The van der Waals surface area contributed by atoms with Crippen molar-refractivity contribution < 1.29 is 13.9 Å². The molecule has 2 aromatic heterocycles. The van der Waals surface area contributed by atoms with Crippen LogP contribution in [0.1, 0.15) is 26.4 Å². The van der Waals surface area contributed by atoms with Gasteiger partial charge in [0.25, 0.3) is 5.91 Å². The Kier molecular flexibility index (Phi) is 5.90. The number of nitrogens with zero attached hydrogens (tertiary/aromatic N) is 2. The smallest absolute Gasteiger partial charge is 0.265 e. The van der Waals surface area contributed by atoms with E-state index in [1.54, 1.807) is 29.1 Å². The molecule has 0 radical (unpaired) electrons. The van der Waals surface area contributed by atoms with Gasteiger partial charge in [0, 0.05) is 11.8 Å². The Morgan fingerprint density at radius 3 is 2.80 bits per heavy atom. The molecule has 30 heavy (non-hydrogen) atoms. The zero-order valence-corrected chi connectivity index (χ0v) is 17.2. The number of carbonyl (C=O) groups is 1. The van der Waals surface area contributed by atoms with Crippen LogP contribution < -0.4 is 10.1 Å². The highest BCUT2D eigenvalue weighted by Gasteiger charge is 2.11. The molecule has 2 heterocycles. The lowest BCUT2D eigenvalue weighted by Gasteiger charge is -2.05. The van der Waals surface area contributed by atoms with Crippen LogP contribution in [-0.2, 0) is 13.2 Å². The van der Waals surface area contributed by atoms with Gasteiger partial charge in [-0.1, -0.05) is 24.3 Å². The molecule has 0 aliphatic rings. The molecule has 1 N–H and O–H groups in total. The number of halogens is 1. The number of amides is 1. The van der Waals surface area contributed by atoms with Crippen LogP contribution in [0.15, 0.2) is 72.4 Å². The van der Waals surface area contributed by atoms with E-state index in [0.717, 1.165) is 5.56 Å². The Hall–Kier alpha value is -3.45. The first-order chi connectivity index (χ1) is 14.6. The minimum atomic E-state index is -0.306. The third-order valence-electron chi connectivity index (χ3n) is 4.58. The molecule has 2 aromatic carbocycles. The van der Waals surface area contributed by atoms with Crippen molar-refractivity contribution in [3.63, 3.8) is 0 Å². The van der Waals surface area contributed by atoms with Gasteiger partial charge in [0.2, 0.25) is 0 Å². The second-order valence-electron chi connectivity index (χ2n) is 6.87. The predicted molar refractivity (Wildman–Crippen MR) is 116 cm³/mol. The van der Waals surface area contributed by atoms with E-state index in [0.29, 0.717) is 29.5 Å². The van der Waals surface area contributed by atoms with Crippen molar-refractivity contribution in [3.05, 3.63) is 99.8 Å². The summed E-state index contributed by atoms with van der Waals surface area (Å²) in [6.07, 6.45) is 3.46. The Bertz CT molecular complexity index is 1150. The average Bonchev–Trinajstić information content (AvgIpc) is 3.39. The molecule has 0 atom stereocenters. The quantitative estimate of drug-likeness (QED) is 0.442. The molecule has 5 nitrogen and oxygen atoms in total. The number of anilines is 1. The molecule has 0 aliphatic carbocycles. The van der Waals surface area contributed by atoms with Crippen LogP contribution in [0, 0.1) is 12.7 Å². The second-order valence-corrected chi connectivity index (χ2v) is 7.78. The number of benzene rings is 2. The van der Waals surface area contributed by atoms with E-state index < -0.39 is 0 Å². The second kappa shape index (κ2) is 8.92. The summed E-state index contributed by atoms with van der Waals surface area (Å²) in [6.45, 7) is 3.02. The number of hydrogen-bond acceptors (Lipinski definition) is 4. The van der Waals surface area contributed by atoms with Gasteiger partial charge in [-0.3, -0.25) is 9.48 Å². The largest absolute Gasteiger partial charge is 0.489 e. The van der Waals surface area contributed by atoms with Crippen LogP contribution in [0.25, 0.3) is 0 Å². The average molecular weight is 421 g/mol. The van der Waals surface area contributed by atoms with Crippen molar-refractivity contribution in [2.24, 2.45) is 0 Å². The molecule has 0 aliphatic heterocycles. The maximum Gasteiger partial charge on any atom is 0.265 e. The lowest BCUT2D eigenvalue weighted by atomic mass is 10.1. The van der Waals surface area contributed by atoms with Gasteiger partial charge in [-0.15, -0.1) is 11.3 Å². The summed E-state index contributed by atoms with van der Waals surface area (Å²) in [7, 11) is 0. The van der Waals surface area contributed by atoms with Crippen molar-refractivity contribution in [1.29, 1.82) is 0 Å². The molecular formula is C23H20FN3O2S. The first kappa shape index (κ1) is 19.8. The summed E-state index contributed by atoms with van der Waals surface area (Å²) in [4.78, 5) is 13.1. The van der Waals surface area contributed by atoms with Crippen molar-refractivity contribution in [2.75, 3.05) is 5.32 Å². The highest BCUT2D eigenvalue weighted by Crippen LogP contribution is 2.20. The van der Waals surface area contributed by atoms with Crippen molar-refractivity contribution >= 4 is 22.9 Å². The first-order valence-corrected chi connectivity index (χ1v) is 10.3. The molecule has 0 spiro atoms. The Morgan fingerprint density at radius 1 is 1.20 bits per heavy atom. The zero-order chi connectivity index (χ0) is 20.9. The molecule has 0 fully saturated rings. The molecule has 152 valence electrons. The molecule has 0 saturated carbocycles. The van der Waals surface area contributed by atoms with E-state index in [1.165, 1.54) is 34.6 Å². The van der Waals surface area contributed by atoms with Crippen LogP contribution in [-0.4, -0.2) is 15.7 Å². The normalized spacial score (nSPS) is 10.7. The standard InChI is InChI=1S/C23H20FN3O2S/c1-16-4-2-3-5-18(16)12-27-13-20(11-25-27)26-23(28)22-10-17(15-30-22)14-29-21-8-6-19(24)7-9-21/h2-11,13,15H,12,14H2,1H3,(H,26,28). The topological polar surface area (TPSA) is 56.2 Å². The number of thiophene rings is 1. The number of hydrogen-bond donors (Lipinski definition) is 1. The molecule has 1 amide bonds. The van der Waals surface area contributed by atoms with E-state index in [-0.39, 0.29) is 11.7 Å². The van der Waals surface area contributed by atoms with Gasteiger partial charge in [-0.25, -0.2) is 4.39 Å². The van der Waals surface area contributed by atoms with Gasteiger partial charge in [-0.2, -0.15) is 5.10 Å². The van der Waals surface area contributed by atoms with Crippen molar-refractivity contribution in [3.8, 4) is 5.75 Å². The lowest BCUT2D eigenvalue weighted by molar-refractivity contribution is 0.103. The van der Waals surface area contributed by atoms with Gasteiger partial charge in [0.05, 0.1) is 23.3 Å². The van der Waals surface area contributed by atoms with Gasteiger partial charge in [-0.05, 0) is 53.8 Å². The van der Waals surface area contributed by atoms with Crippen LogP contribution in [0.3, 0.4) is 0 Å². The number of nitrogens with one attached hydrogen (secondary N) is 1. The van der Waals surface area contributed by atoms with E-state index >= 15 is 0 Å². The number of aromatic nitrogens is 2. The van der Waals surface area contributed by atoms with Crippen molar-refractivity contribution in [1.82, 2.24) is 9.78 Å². The molecule has 7 heteroatoms. The Labute approximate surface area is 177 Å². The summed E-state index contributed by atoms with van der Waals surface area (Å²) in [5.74, 6) is 0.0807. The highest BCUT2D eigenvalue weighted by molar-refractivity contribution is 7.12. The van der Waals surface area contributed by atoms with E-state index in [1.807, 2.05) is 23.7 Å². The van der Waals surface area contributed by atoms with Crippen LogP contribution in [0.2, 0.25) is 0 Å². The van der Waals surface area contributed by atoms with E-state index in [9.17, 15) is 9.18 Å². The maximum atomic E-state index is 12.9. The monoisotopic (exact) mass is 421 g/mol. The fraction of sp³-hybridized carbons (Fsp3) is 0.130. The number of ether oxygens (including phenoxy) is 1. The molecule has 4 aromatic rings. The maximum absolute atomic E-state index is 12.9. The summed E-state index contributed by atoms with van der Waals surface area (Å²) in [5.41, 5.74) is 3.91. The van der Waals surface area contributed by atoms with Crippen LogP contribution in [0.5, 0.6) is 5.75 Å². The van der Waals surface area contributed by atoms with Crippen LogP contribution in [0.4, 0.5) is 10.1 Å². The fourth-order valence-corrected chi connectivity index (χ4v) is 3.73. The minimum absolute atomic E-state index is 0.191. The van der Waals surface area contributed by atoms with Gasteiger partial charge in [0.15, 0.2) is 0 Å². The van der Waals surface area contributed by atoms with E-state index in [4.69, 9.17) is 4.74 Å². The summed E-state index contributed by atoms with van der Waals surface area (Å²) < 4.78 is 20.4. The summed E-state index contributed by atoms with van der Waals surface area (Å²) in [6, 6.07) is 15.8. The molecule has 0 bridgehead atoms. The third kappa shape index (κ3) is 4.93. The number of carbonyl (C=O) groups excluding carboxylic acids is 1. The third-order valence-corrected chi connectivity index (χ3v) is 5.56. The lowest BCUT2D eigenvalue weighted by Crippen LogP contribution is -2.09. The van der Waals surface area contributed by atoms with Gasteiger partial charge >= 0.3 is 0 Å². The van der Waals surface area contributed by atoms with Gasteiger partial charge < -0.3 is 10.1 Å². The zero-order valence-electron chi connectivity index (χ0n) is 16.3. The minimum Gasteiger partial charge on any atom is -0.489 e. The molecule has 4 rings (SSSR count). The summed E-state index contributed by atoms with van der Waals surface area (Å²) >= 11 is 1.35. The highest BCUT2D eigenvalue weighted by atomic mass is 32.1. The van der Waals surface area contributed by atoms with Crippen molar-refractivity contribution in [2.45, 2.75) is 20.1 Å². The molecular weight excluding hydrogens is 401 g/mol. The predicted octanol–water partition coefficient (Wildman–Crippen LogP) is 5.27. The Morgan fingerprint density at radius 2 is 2.00 bits per heavy atom. The fourth-order valence-electron chi connectivity index (χ4n) is 2.94. The van der Waals surface area contributed by atoms with Crippen LogP contribution >= 0.6 is 11.3 Å². The molecule has 0 unspecified atom stereocenters. The summed E-state index contributed by atoms with van der Waals surface area (Å²) in [5, 5.41) is 9.09. The SMILES string of the molecule is Cc1ccccc1Cn1cc(NC(=O)c2cc(COc3ccc(F)cc3)cs2)cn1.